The van der Waals surface area contributed by atoms with E-state index in [9.17, 15) is 24.5 Å². The Hall–Kier alpha value is -5.27. The first kappa shape index (κ1) is 35.0. The van der Waals surface area contributed by atoms with Crippen molar-refractivity contribution in [3.63, 3.8) is 0 Å². The normalized spacial score (nSPS) is 14.1. The van der Waals surface area contributed by atoms with Crippen molar-refractivity contribution in [2.45, 2.75) is 33.7 Å². The van der Waals surface area contributed by atoms with Gasteiger partial charge in [0.05, 0.1) is 27.3 Å². The lowest BCUT2D eigenvalue weighted by atomic mass is 9.96. The number of allylic oxidation sites excluding steroid dienone is 1. The number of ether oxygens (including phenoxy) is 2. The fraction of sp³-hybridized carbons (Fsp3) is 0.257. The minimum Gasteiger partial charge on any atom is -0.483 e. The van der Waals surface area contributed by atoms with Crippen LogP contribution in [0.2, 0.25) is 5.02 Å². The highest BCUT2D eigenvalue weighted by molar-refractivity contribution is 7.07. The lowest BCUT2D eigenvalue weighted by molar-refractivity contribution is -0.384. The predicted molar refractivity (Wildman–Crippen MR) is 189 cm³/mol. The molecule has 0 bridgehead atoms. The average Bonchev–Trinajstić information content (AvgIpc) is 3.38. The molecule has 2 heterocycles. The second kappa shape index (κ2) is 15.3. The summed E-state index contributed by atoms with van der Waals surface area (Å²) in [6.07, 6.45) is 1.66. The van der Waals surface area contributed by atoms with E-state index < -0.39 is 35.0 Å². The van der Waals surface area contributed by atoms with Crippen LogP contribution in [0.1, 0.15) is 44.9 Å². The number of fused-ring (bicyclic) bond motifs is 1. The molecular formula is C35H34ClN5O7S. The summed E-state index contributed by atoms with van der Waals surface area (Å²) in [5.74, 6) is -0.773. The number of hydrogen-bond donors (Lipinski definition) is 1. The van der Waals surface area contributed by atoms with E-state index in [1.54, 1.807) is 62.4 Å². The maximum atomic E-state index is 14.2. The molecule has 254 valence electrons. The predicted octanol–water partition coefficient (Wildman–Crippen LogP) is 5.22. The van der Waals surface area contributed by atoms with Crippen molar-refractivity contribution in [2.24, 2.45) is 4.99 Å². The highest BCUT2D eigenvalue weighted by Gasteiger charge is 2.34. The summed E-state index contributed by atoms with van der Waals surface area (Å²) in [7, 11) is 0. The molecule has 1 aliphatic heterocycles. The van der Waals surface area contributed by atoms with Gasteiger partial charge in [-0.15, -0.1) is 0 Å². The number of halogens is 1. The van der Waals surface area contributed by atoms with Gasteiger partial charge in [-0.3, -0.25) is 24.3 Å². The van der Waals surface area contributed by atoms with Crippen molar-refractivity contribution < 1.29 is 24.0 Å². The summed E-state index contributed by atoms with van der Waals surface area (Å²) in [6.45, 7) is 8.64. The van der Waals surface area contributed by atoms with E-state index in [1.165, 1.54) is 22.8 Å². The highest BCUT2D eigenvalue weighted by atomic mass is 35.5. The summed E-state index contributed by atoms with van der Waals surface area (Å²) < 4.78 is 13.2. The summed E-state index contributed by atoms with van der Waals surface area (Å²) >= 11 is 7.77. The third-order valence-corrected chi connectivity index (χ3v) is 9.16. The Bertz CT molecular complexity index is 2140. The average molecular weight is 704 g/mol. The number of esters is 1. The first-order valence-electron chi connectivity index (χ1n) is 15.6. The standard InChI is InChI=1S/C35H34ClN5O7S/c1-5-39(6-2)24-16-15-22(28(19-24)48-20-30(42)38-23-11-10-12-25(18-23)41(45)46)17-29-33(43)40-32(26-13-8-9-14-27(26)36)31(34(44)47-7-3)21(4)37-35(40)49-29/h8-19,32H,5-7,20H2,1-4H3,(H,38,42)/b29-17-/t32-/m0/s1. The molecule has 14 heteroatoms. The topological polar surface area (TPSA) is 145 Å². The number of nitro groups is 1. The van der Waals surface area contributed by atoms with Gasteiger partial charge in [-0.05, 0) is 63.6 Å². The van der Waals surface area contributed by atoms with Crippen LogP contribution in [-0.4, -0.2) is 47.7 Å². The van der Waals surface area contributed by atoms with Gasteiger partial charge in [0.2, 0.25) is 0 Å². The number of thiazole rings is 1. The Kier molecular flexibility index (Phi) is 10.9. The molecule has 49 heavy (non-hydrogen) atoms. The number of non-ortho nitro benzene ring substituents is 1. The van der Waals surface area contributed by atoms with Crippen molar-refractivity contribution in [3.05, 3.63) is 124 Å². The van der Waals surface area contributed by atoms with Crippen LogP contribution < -0.4 is 29.8 Å². The third-order valence-electron chi connectivity index (χ3n) is 7.83. The molecule has 0 unspecified atom stereocenters. The molecule has 1 amide bonds. The molecule has 1 N–H and O–H groups in total. The molecule has 0 spiro atoms. The Morgan fingerprint density at radius 3 is 2.55 bits per heavy atom. The minimum absolute atomic E-state index is 0.144. The fourth-order valence-corrected chi connectivity index (χ4v) is 6.79. The van der Waals surface area contributed by atoms with Crippen molar-refractivity contribution in [2.75, 3.05) is 36.5 Å². The van der Waals surface area contributed by atoms with Crippen LogP contribution in [0.15, 0.2) is 87.8 Å². The van der Waals surface area contributed by atoms with Gasteiger partial charge in [0.25, 0.3) is 17.2 Å². The highest BCUT2D eigenvalue weighted by Crippen LogP contribution is 2.34. The number of anilines is 2. The minimum atomic E-state index is -0.871. The molecule has 1 atom stereocenters. The number of nitro benzene ring substituents is 1. The monoisotopic (exact) mass is 703 g/mol. The zero-order valence-corrected chi connectivity index (χ0v) is 28.8. The Morgan fingerprint density at radius 1 is 1.10 bits per heavy atom. The lowest BCUT2D eigenvalue weighted by Crippen LogP contribution is -2.40. The van der Waals surface area contributed by atoms with E-state index in [1.807, 2.05) is 19.9 Å². The summed E-state index contributed by atoms with van der Waals surface area (Å²) in [5, 5.41) is 14.2. The van der Waals surface area contributed by atoms with Gasteiger partial charge in [0.15, 0.2) is 11.4 Å². The van der Waals surface area contributed by atoms with Crippen molar-refractivity contribution in [3.8, 4) is 5.75 Å². The first-order valence-corrected chi connectivity index (χ1v) is 16.8. The molecule has 4 aromatic rings. The first-order chi connectivity index (χ1) is 23.6. The van der Waals surface area contributed by atoms with Crippen molar-refractivity contribution >= 4 is 58.0 Å². The molecule has 0 fully saturated rings. The van der Waals surface area contributed by atoms with Crippen LogP contribution >= 0.6 is 22.9 Å². The summed E-state index contributed by atoms with van der Waals surface area (Å²) in [4.78, 5) is 58.0. The largest absolute Gasteiger partial charge is 0.483 e. The Labute approximate surface area is 290 Å². The van der Waals surface area contributed by atoms with E-state index in [2.05, 4.69) is 15.2 Å². The van der Waals surface area contributed by atoms with E-state index in [0.29, 0.717) is 36.9 Å². The number of rotatable bonds is 12. The van der Waals surface area contributed by atoms with Crippen LogP contribution in [0.5, 0.6) is 5.75 Å². The van der Waals surface area contributed by atoms with Gasteiger partial charge in [-0.1, -0.05) is 47.2 Å². The third kappa shape index (κ3) is 7.58. The van der Waals surface area contributed by atoms with Crippen LogP contribution in [0.25, 0.3) is 6.08 Å². The zero-order chi connectivity index (χ0) is 35.2. The second-order valence-electron chi connectivity index (χ2n) is 10.9. The van der Waals surface area contributed by atoms with E-state index in [-0.39, 0.29) is 23.6 Å². The van der Waals surface area contributed by atoms with Gasteiger partial charge in [0, 0.05) is 53.2 Å². The summed E-state index contributed by atoms with van der Waals surface area (Å²) in [6, 6.07) is 17.3. The zero-order valence-electron chi connectivity index (χ0n) is 27.3. The molecule has 0 saturated heterocycles. The van der Waals surface area contributed by atoms with Gasteiger partial charge >= 0.3 is 5.97 Å². The molecule has 1 aromatic heterocycles. The molecule has 0 radical (unpaired) electrons. The summed E-state index contributed by atoms with van der Waals surface area (Å²) in [5.41, 5.74) is 2.27. The van der Waals surface area contributed by atoms with Crippen LogP contribution in [0, 0.1) is 10.1 Å². The number of carbonyl (C=O) groups is 2. The molecule has 1 aliphatic rings. The molecule has 12 nitrogen and oxygen atoms in total. The van der Waals surface area contributed by atoms with Gasteiger partial charge < -0.3 is 19.7 Å². The van der Waals surface area contributed by atoms with Crippen LogP contribution in [0.3, 0.4) is 0 Å². The number of nitrogens with zero attached hydrogens (tertiary/aromatic N) is 4. The number of carbonyl (C=O) groups excluding carboxylic acids is 2. The lowest BCUT2D eigenvalue weighted by Gasteiger charge is -2.25. The van der Waals surface area contributed by atoms with Crippen LogP contribution in [0.4, 0.5) is 17.1 Å². The quantitative estimate of drug-likeness (QED) is 0.120. The van der Waals surface area contributed by atoms with Gasteiger partial charge in [-0.2, -0.15) is 0 Å². The maximum absolute atomic E-state index is 14.2. The number of benzene rings is 3. The number of nitrogens with one attached hydrogen (secondary N) is 1. The SMILES string of the molecule is CCOC(=O)C1=C(C)N=c2s/c(=C\c3ccc(N(CC)CC)cc3OCC(=O)Nc3cccc([N+](=O)[O-])c3)c(=O)n2[C@H]1c1ccccc1Cl. The van der Waals surface area contributed by atoms with Crippen molar-refractivity contribution in [1.82, 2.24) is 4.57 Å². The molecule has 5 rings (SSSR count). The van der Waals surface area contributed by atoms with Gasteiger partial charge in [0.1, 0.15) is 11.8 Å². The number of aromatic nitrogens is 1. The van der Waals surface area contributed by atoms with Crippen molar-refractivity contribution in [1.29, 1.82) is 0 Å². The maximum Gasteiger partial charge on any atom is 0.338 e. The van der Waals surface area contributed by atoms with Crippen LogP contribution in [-0.2, 0) is 14.3 Å². The Morgan fingerprint density at radius 2 is 1.86 bits per heavy atom. The fourth-order valence-electron chi connectivity index (χ4n) is 5.51. The van der Waals surface area contributed by atoms with E-state index in [4.69, 9.17) is 21.1 Å². The molecule has 3 aromatic carbocycles. The Balaban J connectivity index is 1.56. The molecule has 0 saturated carbocycles. The van der Waals surface area contributed by atoms with Gasteiger partial charge in [-0.25, -0.2) is 9.79 Å². The molecular weight excluding hydrogens is 670 g/mol. The molecule has 0 aliphatic carbocycles. The van der Waals surface area contributed by atoms with E-state index in [0.717, 1.165) is 30.1 Å². The number of hydrogen-bond acceptors (Lipinski definition) is 10. The second-order valence-corrected chi connectivity index (χ2v) is 12.3. The smallest absolute Gasteiger partial charge is 0.338 e. The van der Waals surface area contributed by atoms with E-state index >= 15 is 0 Å². The number of amides is 1.